The van der Waals surface area contributed by atoms with Gasteiger partial charge < -0.3 is 0 Å². The van der Waals surface area contributed by atoms with Crippen molar-refractivity contribution in [3.63, 3.8) is 0 Å². The maximum atomic E-state index is 13.1. The lowest BCUT2D eigenvalue weighted by Crippen LogP contribution is -2.13. The van der Waals surface area contributed by atoms with Crippen LogP contribution in [0.25, 0.3) is 0 Å². The van der Waals surface area contributed by atoms with Crippen LogP contribution in [0.5, 0.6) is 0 Å². The summed E-state index contributed by atoms with van der Waals surface area (Å²) >= 11 is 1.03. The molecule has 108 valence electrons. The van der Waals surface area contributed by atoms with Crippen LogP contribution in [0.2, 0.25) is 0 Å². The van der Waals surface area contributed by atoms with Gasteiger partial charge in [-0.05, 0) is 31.2 Å². The summed E-state index contributed by atoms with van der Waals surface area (Å²) in [6.45, 7) is 1.74. The van der Waals surface area contributed by atoms with Crippen LogP contribution in [-0.4, -0.2) is 16.8 Å². The number of rotatable bonds is 4. The van der Waals surface area contributed by atoms with Crippen LogP contribution >= 0.6 is 11.3 Å². The van der Waals surface area contributed by atoms with Crippen molar-refractivity contribution in [1.29, 1.82) is 0 Å². The molecule has 0 aliphatic heterocycles. The molecule has 0 aliphatic carbocycles. The zero-order chi connectivity index (χ0) is 15.0. The average Bonchev–Trinajstić information content (AvgIpc) is 2.75. The van der Waals surface area contributed by atoms with Crippen molar-refractivity contribution in [2.45, 2.75) is 16.0 Å². The number of thiophene rings is 1. The normalized spacial score (nSPS) is 12.3. The minimum Gasteiger partial charge on any atom is -0.278 e. The molecule has 1 N–H and O–H groups in total. The highest BCUT2D eigenvalue weighted by Crippen LogP contribution is 2.27. The Labute approximate surface area is 120 Å². The molecule has 0 amide bonds. The molecular formula is C11H10FNO4S3. The van der Waals surface area contributed by atoms with E-state index in [1.165, 1.54) is 24.3 Å². The maximum absolute atomic E-state index is 13.1. The van der Waals surface area contributed by atoms with Gasteiger partial charge in [-0.15, -0.1) is 15.2 Å². The first-order valence-electron chi connectivity index (χ1n) is 5.33. The Morgan fingerprint density at radius 2 is 1.70 bits per heavy atom. The lowest BCUT2D eigenvalue weighted by molar-refractivity contribution is 0.552. The van der Waals surface area contributed by atoms with E-state index in [2.05, 4.69) is 4.72 Å². The Morgan fingerprint density at radius 1 is 1.05 bits per heavy atom. The van der Waals surface area contributed by atoms with Crippen LogP contribution in [0.4, 0.5) is 9.57 Å². The smallest absolute Gasteiger partial charge is 0.278 e. The Morgan fingerprint density at radius 3 is 2.25 bits per heavy atom. The third kappa shape index (κ3) is 3.17. The summed E-state index contributed by atoms with van der Waals surface area (Å²) in [6, 6.07) is 7.91. The van der Waals surface area contributed by atoms with Gasteiger partial charge in [-0.1, -0.05) is 12.1 Å². The molecule has 2 rings (SSSR count). The van der Waals surface area contributed by atoms with E-state index in [1.807, 2.05) is 0 Å². The van der Waals surface area contributed by atoms with Crippen molar-refractivity contribution in [2.75, 3.05) is 4.72 Å². The van der Waals surface area contributed by atoms with Crippen molar-refractivity contribution in [1.82, 2.24) is 0 Å². The van der Waals surface area contributed by atoms with Crippen LogP contribution < -0.4 is 4.72 Å². The number of halogens is 1. The van der Waals surface area contributed by atoms with Crippen molar-refractivity contribution in [2.24, 2.45) is 0 Å². The van der Waals surface area contributed by atoms with Crippen molar-refractivity contribution in [3.05, 3.63) is 41.3 Å². The third-order valence-corrected chi connectivity index (χ3v) is 6.11. The van der Waals surface area contributed by atoms with Crippen LogP contribution in [0, 0.1) is 6.92 Å². The minimum atomic E-state index is -5.01. The molecular weight excluding hydrogens is 325 g/mol. The van der Waals surface area contributed by atoms with Crippen molar-refractivity contribution in [3.8, 4) is 0 Å². The monoisotopic (exact) mass is 335 g/mol. The van der Waals surface area contributed by atoms with Gasteiger partial charge in [-0.2, -0.15) is 8.42 Å². The number of sulfonamides is 1. The van der Waals surface area contributed by atoms with Crippen molar-refractivity contribution < 1.29 is 20.7 Å². The second kappa shape index (κ2) is 5.15. The molecule has 0 spiro atoms. The Kier molecular flexibility index (Phi) is 3.85. The van der Waals surface area contributed by atoms with E-state index in [0.29, 0.717) is 0 Å². The molecule has 0 radical (unpaired) electrons. The first-order valence-corrected chi connectivity index (χ1v) is 9.01. The summed E-state index contributed by atoms with van der Waals surface area (Å²) in [6.07, 6.45) is 0. The summed E-state index contributed by atoms with van der Waals surface area (Å²) < 4.78 is 61.3. The van der Waals surface area contributed by atoms with Crippen LogP contribution in [0.15, 0.2) is 45.5 Å². The fraction of sp³-hybridized carbons (Fsp3) is 0.0909. The van der Waals surface area contributed by atoms with Gasteiger partial charge in [0.15, 0.2) is 0 Å². The van der Waals surface area contributed by atoms with Gasteiger partial charge in [-0.25, -0.2) is 8.42 Å². The molecule has 0 bridgehead atoms. The van der Waals surface area contributed by atoms with Gasteiger partial charge in [0, 0.05) is 4.88 Å². The maximum Gasteiger partial charge on any atom is 0.334 e. The van der Waals surface area contributed by atoms with E-state index in [0.717, 1.165) is 22.3 Å². The van der Waals surface area contributed by atoms with Crippen LogP contribution in [-0.2, 0) is 20.2 Å². The molecule has 20 heavy (non-hydrogen) atoms. The Bertz CT molecular complexity index is 840. The minimum absolute atomic E-state index is 0.0288. The first kappa shape index (κ1) is 14.9. The van der Waals surface area contributed by atoms with E-state index >= 15 is 0 Å². The van der Waals surface area contributed by atoms with Crippen LogP contribution in [0.3, 0.4) is 0 Å². The predicted molar refractivity (Wildman–Crippen MR) is 74.6 cm³/mol. The van der Waals surface area contributed by atoms with E-state index in [-0.39, 0.29) is 9.90 Å². The number of anilines is 1. The molecule has 1 aromatic heterocycles. The molecule has 0 saturated carbocycles. The molecule has 0 fully saturated rings. The lowest BCUT2D eigenvalue weighted by Gasteiger charge is -2.08. The largest absolute Gasteiger partial charge is 0.334 e. The number of nitrogens with one attached hydrogen (secondary N) is 1. The van der Waals surface area contributed by atoms with E-state index in [9.17, 15) is 20.7 Å². The zero-order valence-electron chi connectivity index (χ0n) is 10.2. The highest BCUT2D eigenvalue weighted by molar-refractivity contribution is 7.94. The van der Waals surface area contributed by atoms with Crippen molar-refractivity contribution >= 4 is 37.3 Å². The number of benzene rings is 1. The fourth-order valence-electron chi connectivity index (χ4n) is 1.52. The van der Waals surface area contributed by atoms with Crippen LogP contribution in [0.1, 0.15) is 4.88 Å². The lowest BCUT2D eigenvalue weighted by atomic mass is 10.3. The topological polar surface area (TPSA) is 80.3 Å². The molecule has 0 unspecified atom stereocenters. The Balaban J connectivity index is 2.46. The predicted octanol–water partition coefficient (Wildman–Crippen LogP) is 2.52. The molecule has 0 aliphatic rings. The average molecular weight is 335 g/mol. The molecule has 2 aromatic rings. The summed E-state index contributed by atoms with van der Waals surface area (Å²) in [5.41, 5.74) is -0.318. The third-order valence-electron chi connectivity index (χ3n) is 2.37. The molecule has 0 atom stereocenters. The molecule has 1 heterocycles. The molecule has 5 nitrogen and oxygen atoms in total. The highest BCUT2D eigenvalue weighted by Gasteiger charge is 2.22. The van der Waals surface area contributed by atoms with Gasteiger partial charge >= 0.3 is 10.2 Å². The number of hydrogen-bond acceptors (Lipinski definition) is 5. The van der Waals surface area contributed by atoms with Gasteiger partial charge in [0.2, 0.25) is 0 Å². The summed E-state index contributed by atoms with van der Waals surface area (Å²) in [5, 5.41) is 0. The summed E-state index contributed by atoms with van der Waals surface area (Å²) in [4.78, 5) is 0.0774. The van der Waals surface area contributed by atoms with Gasteiger partial charge in [0.1, 0.15) is 9.10 Å². The first-order chi connectivity index (χ1) is 9.20. The summed E-state index contributed by atoms with van der Waals surface area (Å²) in [7, 11) is -8.94. The van der Waals surface area contributed by atoms with Gasteiger partial charge in [0.25, 0.3) is 10.0 Å². The van der Waals surface area contributed by atoms with Gasteiger partial charge in [0.05, 0.1) is 5.69 Å². The SMILES string of the molecule is Cc1ccc(S(=O)(=O)Nc2ccccc2S(=O)(=O)F)s1. The van der Waals surface area contributed by atoms with Gasteiger partial charge in [-0.3, -0.25) is 4.72 Å². The number of para-hydroxylation sites is 1. The molecule has 0 saturated heterocycles. The summed E-state index contributed by atoms with van der Waals surface area (Å²) in [5.74, 6) is 0. The molecule has 9 heteroatoms. The van der Waals surface area contributed by atoms with E-state index < -0.39 is 25.1 Å². The standard InChI is InChI=1S/C11H10FNO4S3/c1-8-6-7-11(18-8)20(16,17)13-9-4-2-3-5-10(9)19(12,14)15/h2-7,13H,1H3. The molecule has 1 aromatic carbocycles. The highest BCUT2D eigenvalue weighted by atomic mass is 32.3. The second-order valence-electron chi connectivity index (χ2n) is 3.90. The zero-order valence-corrected chi connectivity index (χ0v) is 12.6. The van der Waals surface area contributed by atoms with E-state index in [4.69, 9.17) is 0 Å². The number of hydrogen-bond donors (Lipinski definition) is 1. The second-order valence-corrected chi connectivity index (χ2v) is 8.42. The number of aryl methyl sites for hydroxylation is 1. The van der Waals surface area contributed by atoms with E-state index in [1.54, 1.807) is 13.0 Å². The quantitative estimate of drug-likeness (QED) is 0.871. The fourth-order valence-corrected chi connectivity index (χ4v) is 4.57. The Hall–Kier alpha value is -1.45.